The molecule has 0 radical (unpaired) electrons. The molecule has 2 aromatic carbocycles. The van der Waals surface area contributed by atoms with Crippen LogP contribution in [0.3, 0.4) is 0 Å². The van der Waals surface area contributed by atoms with E-state index in [0.717, 1.165) is 18.6 Å². The third-order valence-corrected chi connectivity index (χ3v) is 3.04. The lowest BCUT2D eigenvalue weighted by atomic mass is 10.00. The lowest BCUT2D eigenvalue weighted by Crippen LogP contribution is -2.01. The zero-order valence-corrected chi connectivity index (χ0v) is 10.7. The summed E-state index contributed by atoms with van der Waals surface area (Å²) in [6.45, 7) is 0.707. The molecule has 0 saturated carbocycles. The van der Waals surface area contributed by atoms with E-state index in [1.165, 1.54) is 16.7 Å². The normalized spacial score (nSPS) is 10.3. The Kier molecular flexibility index (Phi) is 4.37. The quantitative estimate of drug-likeness (QED) is 0.872. The van der Waals surface area contributed by atoms with Crippen molar-refractivity contribution in [1.82, 2.24) is 0 Å². The van der Waals surface area contributed by atoms with Gasteiger partial charge in [0.2, 0.25) is 0 Å². The molecule has 0 bridgehead atoms. The third-order valence-electron chi connectivity index (χ3n) is 3.04. The fourth-order valence-corrected chi connectivity index (χ4v) is 2.08. The van der Waals surface area contributed by atoms with Gasteiger partial charge in [-0.2, -0.15) is 0 Å². The van der Waals surface area contributed by atoms with E-state index in [0.29, 0.717) is 6.54 Å². The number of methoxy groups -OCH3 is 1. The van der Waals surface area contributed by atoms with Gasteiger partial charge in [0.15, 0.2) is 0 Å². The van der Waals surface area contributed by atoms with Crippen LogP contribution in [0.15, 0.2) is 48.5 Å². The van der Waals surface area contributed by atoms with E-state index >= 15 is 0 Å². The Bertz CT molecular complexity index is 494. The maximum atomic E-state index is 5.58. The summed E-state index contributed by atoms with van der Waals surface area (Å²) in [5, 5.41) is 0. The zero-order valence-electron chi connectivity index (χ0n) is 10.7. The van der Waals surface area contributed by atoms with Crippen molar-refractivity contribution in [1.29, 1.82) is 0 Å². The maximum Gasteiger partial charge on any atom is 0.122 e. The van der Waals surface area contributed by atoms with Crippen molar-refractivity contribution < 1.29 is 4.74 Å². The molecule has 18 heavy (non-hydrogen) atoms. The van der Waals surface area contributed by atoms with Crippen molar-refractivity contribution in [2.24, 2.45) is 5.73 Å². The Morgan fingerprint density at radius 2 is 1.78 bits per heavy atom. The van der Waals surface area contributed by atoms with Gasteiger partial charge >= 0.3 is 0 Å². The number of aryl methyl sites for hydroxylation is 1. The molecule has 0 aliphatic heterocycles. The summed E-state index contributed by atoms with van der Waals surface area (Å²) in [6, 6.07) is 16.7. The van der Waals surface area contributed by atoms with Crippen LogP contribution >= 0.6 is 0 Å². The van der Waals surface area contributed by atoms with Gasteiger partial charge in [-0.05, 0) is 48.2 Å². The second kappa shape index (κ2) is 6.22. The van der Waals surface area contributed by atoms with Crippen LogP contribution in [0.5, 0.6) is 5.75 Å². The number of nitrogens with two attached hydrogens (primary N) is 1. The highest BCUT2D eigenvalue weighted by atomic mass is 16.5. The SMILES string of the molecule is COc1ccc(-c2ccccc2)cc1CCCN. The third kappa shape index (κ3) is 2.90. The standard InChI is InChI=1S/C16H19NO/c1-18-16-10-9-14(12-15(16)8-5-11-17)13-6-3-2-4-7-13/h2-4,6-7,9-10,12H,5,8,11,17H2,1H3. The molecule has 2 heteroatoms. The van der Waals surface area contributed by atoms with Crippen LogP contribution in [0.1, 0.15) is 12.0 Å². The number of rotatable bonds is 5. The topological polar surface area (TPSA) is 35.2 Å². The average molecular weight is 241 g/mol. The first kappa shape index (κ1) is 12.7. The van der Waals surface area contributed by atoms with Crippen LogP contribution in [0.4, 0.5) is 0 Å². The Morgan fingerprint density at radius 3 is 2.44 bits per heavy atom. The number of hydrogen-bond donors (Lipinski definition) is 1. The van der Waals surface area contributed by atoms with E-state index in [4.69, 9.17) is 10.5 Å². The minimum Gasteiger partial charge on any atom is -0.496 e. The van der Waals surface area contributed by atoms with Gasteiger partial charge in [0.05, 0.1) is 7.11 Å². The van der Waals surface area contributed by atoms with E-state index in [2.05, 4.69) is 36.4 Å². The van der Waals surface area contributed by atoms with Crippen molar-refractivity contribution in [3.05, 3.63) is 54.1 Å². The van der Waals surface area contributed by atoms with Gasteiger partial charge in [0.1, 0.15) is 5.75 Å². The Hall–Kier alpha value is -1.80. The van der Waals surface area contributed by atoms with E-state index in [-0.39, 0.29) is 0 Å². The van der Waals surface area contributed by atoms with Gasteiger partial charge in [0, 0.05) is 0 Å². The highest BCUT2D eigenvalue weighted by Crippen LogP contribution is 2.27. The minimum absolute atomic E-state index is 0.707. The van der Waals surface area contributed by atoms with Crippen molar-refractivity contribution in [2.75, 3.05) is 13.7 Å². The van der Waals surface area contributed by atoms with Crippen molar-refractivity contribution in [3.63, 3.8) is 0 Å². The summed E-state index contributed by atoms with van der Waals surface area (Å²) in [5.74, 6) is 0.947. The van der Waals surface area contributed by atoms with E-state index in [9.17, 15) is 0 Å². The van der Waals surface area contributed by atoms with Crippen LogP contribution < -0.4 is 10.5 Å². The van der Waals surface area contributed by atoms with Gasteiger partial charge in [-0.1, -0.05) is 36.4 Å². The van der Waals surface area contributed by atoms with E-state index in [1.807, 2.05) is 12.1 Å². The number of hydrogen-bond acceptors (Lipinski definition) is 2. The summed E-state index contributed by atoms with van der Waals surface area (Å²) < 4.78 is 5.39. The lowest BCUT2D eigenvalue weighted by Gasteiger charge is -2.10. The van der Waals surface area contributed by atoms with Crippen molar-refractivity contribution >= 4 is 0 Å². The first-order valence-electron chi connectivity index (χ1n) is 6.27. The first-order chi connectivity index (χ1) is 8.85. The molecule has 2 N–H and O–H groups in total. The lowest BCUT2D eigenvalue weighted by molar-refractivity contribution is 0.409. The van der Waals surface area contributed by atoms with Gasteiger partial charge in [-0.25, -0.2) is 0 Å². The monoisotopic (exact) mass is 241 g/mol. The van der Waals surface area contributed by atoms with Crippen molar-refractivity contribution in [3.8, 4) is 16.9 Å². The van der Waals surface area contributed by atoms with Crippen LogP contribution in [-0.2, 0) is 6.42 Å². The van der Waals surface area contributed by atoms with Gasteiger partial charge in [0.25, 0.3) is 0 Å². The highest BCUT2D eigenvalue weighted by molar-refractivity contribution is 5.65. The molecular weight excluding hydrogens is 222 g/mol. The smallest absolute Gasteiger partial charge is 0.122 e. The van der Waals surface area contributed by atoms with E-state index < -0.39 is 0 Å². The summed E-state index contributed by atoms with van der Waals surface area (Å²) in [7, 11) is 1.71. The fraction of sp³-hybridized carbons (Fsp3) is 0.250. The molecule has 2 nitrogen and oxygen atoms in total. The highest BCUT2D eigenvalue weighted by Gasteiger charge is 2.05. The molecule has 0 unspecified atom stereocenters. The second-order valence-electron chi connectivity index (χ2n) is 4.28. The summed E-state index contributed by atoms with van der Waals surface area (Å²) in [6.07, 6.45) is 1.94. The molecule has 0 amide bonds. The van der Waals surface area contributed by atoms with Crippen LogP contribution in [0.25, 0.3) is 11.1 Å². The molecule has 0 aliphatic rings. The minimum atomic E-state index is 0.707. The first-order valence-corrected chi connectivity index (χ1v) is 6.27. The summed E-state index contributed by atoms with van der Waals surface area (Å²) >= 11 is 0. The predicted molar refractivity (Wildman–Crippen MR) is 75.8 cm³/mol. The van der Waals surface area contributed by atoms with Crippen LogP contribution in [-0.4, -0.2) is 13.7 Å². The second-order valence-corrected chi connectivity index (χ2v) is 4.28. The van der Waals surface area contributed by atoms with E-state index in [1.54, 1.807) is 7.11 Å². The summed E-state index contributed by atoms with van der Waals surface area (Å²) in [5.41, 5.74) is 9.26. The molecule has 2 rings (SSSR count). The van der Waals surface area contributed by atoms with Crippen molar-refractivity contribution in [2.45, 2.75) is 12.8 Å². The maximum absolute atomic E-state index is 5.58. The van der Waals surface area contributed by atoms with Gasteiger partial charge in [-0.15, -0.1) is 0 Å². The molecule has 94 valence electrons. The summed E-state index contributed by atoms with van der Waals surface area (Å²) in [4.78, 5) is 0. The average Bonchev–Trinajstić information content (AvgIpc) is 2.45. The number of ether oxygens (including phenoxy) is 1. The molecule has 0 atom stereocenters. The Morgan fingerprint density at radius 1 is 1.00 bits per heavy atom. The van der Waals surface area contributed by atoms with Crippen LogP contribution in [0.2, 0.25) is 0 Å². The molecular formula is C16H19NO. The molecule has 0 aliphatic carbocycles. The van der Waals surface area contributed by atoms with Gasteiger partial charge < -0.3 is 10.5 Å². The Labute approximate surface area is 108 Å². The molecule has 2 aromatic rings. The number of benzene rings is 2. The largest absolute Gasteiger partial charge is 0.496 e. The fourth-order valence-electron chi connectivity index (χ4n) is 2.08. The van der Waals surface area contributed by atoms with Gasteiger partial charge in [-0.3, -0.25) is 0 Å². The van der Waals surface area contributed by atoms with Crippen LogP contribution in [0, 0.1) is 0 Å². The Balaban J connectivity index is 2.33. The molecule has 0 saturated heterocycles. The zero-order chi connectivity index (χ0) is 12.8. The molecule has 0 fully saturated rings. The molecule has 0 aromatic heterocycles. The predicted octanol–water partition coefficient (Wildman–Crippen LogP) is 3.25. The molecule has 0 spiro atoms. The molecule has 0 heterocycles.